The summed E-state index contributed by atoms with van der Waals surface area (Å²) in [5, 5.41) is 0.254. The Labute approximate surface area is 114 Å². The van der Waals surface area contributed by atoms with Crippen molar-refractivity contribution in [1.82, 2.24) is 0 Å². The van der Waals surface area contributed by atoms with Crippen LogP contribution >= 0.6 is 46.7 Å². The van der Waals surface area contributed by atoms with E-state index >= 15 is 0 Å². The molecule has 0 spiro atoms. The number of halogens is 2. The van der Waals surface area contributed by atoms with Gasteiger partial charge in [0.15, 0.2) is 0 Å². The molecule has 88 valence electrons. The van der Waals surface area contributed by atoms with E-state index in [1.807, 2.05) is 6.26 Å². The number of carbonyl (C=O) groups is 1. The first kappa shape index (κ1) is 14.2. The third-order valence-corrected chi connectivity index (χ3v) is 4.85. The molecule has 0 N–H and O–H groups in total. The van der Waals surface area contributed by atoms with E-state index in [0.717, 1.165) is 22.0 Å². The zero-order valence-corrected chi connectivity index (χ0v) is 12.2. The summed E-state index contributed by atoms with van der Waals surface area (Å²) in [6.07, 6.45) is 2.98. The Morgan fingerprint density at radius 2 is 2.06 bits per heavy atom. The summed E-state index contributed by atoms with van der Waals surface area (Å²) < 4.78 is 0. The lowest BCUT2D eigenvalue weighted by Crippen LogP contribution is -1.95. The fraction of sp³-hybridized carbons (Fsp3) is 0.364. The molecule has 5 heteroatoms. The first-order valence-corrected chi connectivity index (χ1v) is 7.77. The molecule has 0 aliphatic carbocycles. The predicted octanol–water partition coefficient (Wildman–Crippen LogP) is 4.94. The van der Waals surface area contributed by atoms with Gasteiger partial charge in [-0.2, -0.15) is 0 Å². The van der Waals surface area contributed by atoms with Crippen LogP contribution in [0.15, 0.2) is 21.9 Å². The largest absolute Gasteiger partial charge is 0.276 e. The van der Waals surface area contributed by atoms with Gasteiger partial charge < -0.3 is 0 Å². The molecule has 0 radical (unpaired) electrons. The van der Waals surface area contributed by atoms with Crippen LogP contribution in [0, 0.1) is 0 Å². The first-order chi connectivity index (χ1) is 7.61. The summed E-state index contributed by atoms with van der Waals surface area (Å²) in [6.45, 7) is 2.11. The lowest BCUT2D eigenvalue weighted by atomic mass is 10.2. The molecule has 0 fully saturated rings. The zero-order valence-electron chi connectivity index (χ0n) is 9.05. The van der Waals surface area contributed by atoms with Crippen molar-refractivity contribution in [3.8, 4) is 0 Å². The van der Waals surface area contributed by atoms with Crippen molar-refractivity contribution < 1.29 is 4.79 Å². The molecule has 1 nitrogen and oxygen atoms in total. The highest BCUT2D eigenvalue weighted by atomic mass is 35.5. The third kappa shape index (κ3) is 3.33. The summed E-state index contributed by atoms with van der Waals surface area (Å²) in [4.78, 5) is 13.1. The molecule has 0 bridgehead atoms. The van der Waals surface area contributed by atoms with Crippen LogP contribution in [0.4, 0.5) is 0 Å². The summed E-state index contributed by atoms with van der Waals surface area (Å²) in [6, 6.07) is 3.41. The Kier molecular flexibility index (Phi) is 6.05. The van der Waals surface area contributed by atoms with Crippen LogP contribution in [0.25, 0.3) is 0 Å². The van der Waals surface area contributed by atoms with Crippen LogP contribution in [0.5, 0.6) is 0 Å². The quantitative estimate of drug-likeness (QED) is 0.565. The van der Waals surface area contributed by atoms with Crippen molar-refractivity contribution in [1.29, 1.82) is 0 Å². The number of hydrogen-bond acceptors (Lipinski definition) is 3. The van der Waals surface area contributed by atoms with Crippen molar-refractivity contribution in [3.63, 3.8) is 0 Å². The molecule has 1 aromatic carbocycles. The Bertz CT molecular complexity index is 394. The average molecular weight is 295 g/mol. The predicted molar refractivity (Wildman–Crippen MR) is 74.4 cm³/mol. The molecule has 1 rings (SSSR count). The molecular weight excluding hydrogens is 283 g/mol. The van der Waals surface area contributed by atoms with Gasteiger partial charge >= 0.3 is 0 Å². The maximum Gasteiger partial charge on any atom is 0.253 e. The highest BCUT2D eigenvalue weighted by molar-refractivity contribution is 8.02. The molecule has 0 atom stereocenters. The van der Waals surface area contributed by atoms with Crippen molar-refractivity contribution in [2.45, 2.75) is 23.1 Å². The molecule has 0 aliphatic heterocycles. The van der Waals surface area contributed by atoms with Crippen LogP contribution in [0.3, 0.4) is 0 Å². The van der Waals surface area contributed by atoms with E-state index < -0.39 is 5.24 Å². The smallest absolute Gasteiger partial charge is 0.253 e. The van der Waals surface area contributed by atoms with Gasteiger partial charge in [-0.15, -0.1) is 23.5 Å². The van der Waals surface area contributed by atoms with Gasteiger partial charge in [-0.05, 0) is 42.2 Å². The molecular formula is C11H12Cl2OS2. The van der Waals surface area contributed by atoms with Gasteiger partial charge in [-0.25, -0.2) is 0 Å². The van der Waals surface area contributed by atoms with E-state index in [0.29, 0.717) is 10.6 Å². The Balaban J connectivity index is 3.21. The standard InChI is InChI=1S/C11H12Cl2OS2/c1-3-6-16-10-8(12)5-4-7(11(13)14)9(10)15-2/h4-5H,3,6H2,1-2H3. The van der Waals surface area contributed by atoms with Gasteiger partial charge in [0, 0.05) is 15.4 Å². The van der Waals surface area contributed by atoms with Crippen LogP contribution < -0.4 is 0 Å². The number of thioether (sulfide) groups is 2. The molecule has 0 unspecified atom stereocenters. The van der Waals surface area contributed by atoms with E-state index in [4.69, 9.17) is 23.2 Å². The second-order valence-corrected chi connectivity index (χ2v) is 5.75. The lowest BCUT2D eigenvalue weighted by molar-refractivity contribution is 0.107. The Hall–Kier alpha value is 0.170. The van der Waals surface area contributed by atoms with Crippen LogP contribution in [0.2, 0.25) is 5.02 Å². The minimum Gasteiger partial charge on any atom is -0.276 e. The van der Waals surface area contributed by atoms with Crippen LogP contribution in [-0.2, 0) is 0 Å². The van der Waals surface area contributed by atoms with Crippen molar-refractivity contribution in [2.75, 3.05) is 12.0 Å². The highest BCUT2D eigenvalue weighted by Gasteiger charge is 2.15. The van der Waals surface area contributed by atoms with Gasteiger partial charge in [0.05, 0.1) is 5.02 Å². The number of carbonyl (C=O) groups excluding carboxylic acids is 1. The molecule has 1 aromatic rings. The maximum absolute atomic E-state index is 11.3. The van der Waals surface area contributed by atoms with Gasteiger partial charge in [-0.1, -0.05) is 18.5 Å². The summed E-state index contributed by atoms with van der Waals surface area (Å²) in [5.74, 6) is 0.979. The van der Waals surface area contributed by atoms with E-state index in [1.165, 1.54) is 11.8 Å². The van der Waals surface area contributed by atoms with Crippen molar-refractivity contribution in [3.05, 3.63) is 22.7 Å². The van der Waals surface area contributed by atoms with E-state index in [-0.39, 0.29) is 0 Å². The van der Waals surface area contributed by atoms with E-state index in [2.05, 4.69) is 6.92 Å². The van der Waals surface area contributed by atoms with E-state index in [9.17, 15) is 4.79 Å². The van der Waals surface area contributed by atoms with Crippen LogP contribution in [-0.4, -0.2) is 17.3 Å². The van der Waals surface area contributed by atoms with Crippen LogP contribution in [0.1, 0.15) is 23.7 Å². The summed E-state index contributed by atoms with van der Waals surface area (Å²) in [7, 11) is 0. The first-order valence-electron chi connectivity index (χ1n) is 4.81. The normalized spacial score (nSPS) is 10.5. The minimum absolute atomic E-state index is 0.431. The topological polar surface area (TPSA) is 17.1 Å². The fourth-order valence-corrected chi connectivity index (χ4v) is 3.78. The highest BCUT2D eigenvalue weighted by Crippen LogP contribution is 2.38. The van der Waals surface area contributed by atoms with E-state index in [1.54, 1.807) is 23.9 Å². The molecule has 0 heterocycles. The number of benzene rings is 1. The minimum atomic E-state index is -0.431. The summed E-state index contributed by atoms with van der Waals surface area (Å²) in [5.41, 5.74) is 0.539. The van der Waals surface area contributed by atoms with Gasteiger partial charge in [0.1, 0.15) is 0 Å². The van der Waals surface area contributed by atoms with Gasteiger partial charge in [0.25, 0.3) is 5.24 Å². The lowest BCUT2D eigenvalue weighted by Gasteiger charge is -2.11. The van der Waals surface area contributed by atoms with Gasteiger partial charge in [0.2, 0.25) is 0 Å². The monoisotopic (exact) mass is 294 g/mol. The second-order valence-electron chi connectivity index (χ2n) is 3.08. The third-order valence-electron chi connectivity index (χ3n) is 1.93. The molecule has 0 aromatic heterocycles. The maximum atomic E-state index is 11.3. The Morgan fingerprint density at radius 1 is 1.38 bits per heavy atom. The SMILES string of the molecule is CCCSc1c(Cl)ccc(C(=O)Cl)c1SC. The second kappa shape index (κ2) is 6.80. The average Bonchev–Trinajstić information content (AvgIpc) is 2.26. The number of hydrogen-bond donors (Lipinski definition) is 0. The van der Waals surface area contributed by atoms with Gasteiger partial charge in [-0.3, -0.25) is 4.79 Å². The van der Waals surface area contributed by atoms with Crippen molar-refractivity contribution >= 4 is 52.0 Å². The fourth-order valence-electron chi connectivity index (χ4n) is 1.23. The molecule has 0 aliphatic rings. The molecule has 0 amide bonds. The summed E-state index contributed by atoms with van der Waals surface area (Å²) >= 11 is 14.8. The molecule has 0 saturated heterocycles. The van der Waals surface area contributed by atoms with Crippen molar-refractivity contribution in [2.24, 2.45) is 0 Å². The number of rotatable bonds is 5. The Morgan fingerprint density at radius 3 is 2.56 bits per heavy atom. The molecule has 0 saturated carbocycles. The molecule has 16 heavy (non-hydrogen) atoms. The zero-order chi connectivity index (χ0) is 12.1.